The summed E-state index contributed by atoms with van der Waals surface area (Å²) >= 11 is 3.27. The molecule has 1 heterocycles. The van der Waals surface area contributed by atoms with Crippen LogP contribution in [0.5, 0.6) is 17.4 Å². The van der Waals surface area contributed by atoms with Gasteiger partial charge in [-0.15, -0.1) is 0 Å². The van der Waals surface area contributed by atoms with Crippen LogP contribution in [0.2, 0.25) is 0 Å². The molecule has 1 aromatic carbocycles. The maximum atomic E-state index is 5.67. The Morgan fingerprint density at radius 1 is 1.17 bits per heavy atom. The van der Waals surface area contributed by atoms with E-state index in [9.17, 15) is 0 Å². The van der Waals surface area contributed by atoms with Crippen molar-refractivity contribution < 1.29 is 9.47 Å². The van der Waals surface area contributed by atoms with Crippen LogP contribution in [0.4, 0.5) is 0 Å². The van der Waals surface area contributed by atoms with Crippen LogP contribution in [0.15, 0.2) is 35.2 Å². The number of aryl methyl sites for hydroxylation is 1. The van der Waals surface area contributed by atoms with Gasteiger partial charge in [-0.1, -0.05) is 13.0 Å². The molecule has 1 aromatic heterocycles. The van der Waals surface area contributed by atoms with Crippen molar-refractivity contribution in [3.8, 4) is 17.4 Å². The van der Waals surface area contributed by atoms with Crippen molar-refractivity contribution in [2.45, 2.75) is 13.3 Å². The first kappa shape index (κ1) is 12.8. The monoisotopic (exact) mass is 308 g/mol. The zero-order chi connectivity index (χ0) is 13.0. The number of halogens is 1. The van der Waals surface area contributed by atoms with Crippen molar-refractivity contribution in [3.63, 3.8) is 0 Å². The molecular formula is C13H13BrN2O2. The van der Waals surface area contributed by atoms with Crippen LogP contribution in [-0.4, -0.2) is 17.1 Å². The maximum absolute atomic E-state index is 5.67. The molecule has 0 spiro atoms. The van der Waals surface area contributed by atoms with E-state index in [-0.39, 0.29) is 0 Å². The Bertz CT molecular complexity index is 546. The molecule has 18 heavy (non-hydrogen) atoms. The van der Waals surface area contributed by atoms with Crippen molar-refractivity contribution in [1.29, 1.82) is 0 Å². The topological polar surface area (TPSA) is 44.2 Å². The van der Waals surface area contributed by atoms with Gasteiger partial charge < -0.3 is 9.47 Å². The number of hydrogen-bond acceptors (Lipinski definition) is 4. The Morgan fingerprint density at radius 3 is 2.67 bits per heavy atom. The van der Waals surface area contributed by atoms with Gasteiger partial charge in [-0.05, 0) is 40.0 Å². The average molecular weight is 309 g/mol. The highest BCUT2D eigenvalue weighted by Crippen LogP contribution is 2.32. The van der Waals surface area contributed by atoms with Crippen molar-refractivity contribution >= 4 is 15.9 Å². The van der Waals surface area contributed by atoms with Gasteiger partial charge in [-0.25, -0.2) is 9.97 Å². The smallest absolute Gasteiger partial charge is 0.223 e. The molecule has 0 saturated heterocycles. The first-order valence-corrected chi connectivity index (χ1v) is 6.34. The molecule has 4 nitrogen and oxygen atoms in total. The first-order chi connectivity index (χ1) is 8.72. The summed E-state index contributed by atoms with van der Waals surface area (Å²) in [4.78, 5) is 7.98. The third-order valence-electron chi connectivity index (χ3n) is 2.46. The van der Waals surface area contributed by atoms with Gasteiger partial charge in [0.05, 0.1) is 7.11 Å². The number of aromatic nitrogens is 2. The highest BCUT2D eigenvalue weighted by atomic mass is 79.9. The fourth-order valence-corrected chi connectivity index (χ4v) is 1.79. The zero-order valence-electron chi connectivity index (χ0n) is 10.2. The van der Waals surface area contributed by atoms with Crippen LogP contribution >= 0.6 is 15.9 Å². The minimum atomic E-state index is 0.472. The molecule has 0 radical (unpaired) electrons. The summed E-state index contributed by atoms with van der Waals surface area (Å²) in [6, 6.07) is 7.56. The lowest BCUT2D eigenvalue weighted by Crippen LogP contribution is -1.94. The van der Waals surface area contributed by atoms with E-state index in [1.165, 1.54) is 11.9 Å². The summed E-state index contributed by atoms with van der Waals surface area (Å²) in [6.07, 6.45) is 2.39. The highest BCUT2D eigenvalue weighted by molar-refractivity contribution is 9.10. The summed E-state index contributed by atoms with van der Waals surface area (Å²) in [6.45, 7) is 2.09. The zero-order valence-corrected chi connectivity index (χ0v) is 11.8. The lowest BCUT2D eigenvalue weighted by Gasteiger charge is -2.10. The molecule has 0 saturated carbocycles. The van der Waals surface area contributed by atoms with Crippen LogP contribution in [-0.2, 0) is 6.42 Å². The lowest BCUT2D eigenvalue weighted by atomic mass is 10.1. The van der Waals surface area contributed by atoms with Crippen LogP contribution in [0.3, 0.4) is 0 Å². The summed E-state index contributed by atoms with van der Waals surface area (Å²) in [7, 11) is 1.62. The second-order valence-electron chi connectivity index (χ2n) is 3.62. The van der Waals surface area contributed by atoms with Gasteiger partial charge >= 0.3 is 0 Å². The van der Waals surface area contributed by atoms with Crippen LogP contribution in [0.1, 0.15) is 12.5 Å². The molecule has 94 valence electrons. The van der Waals surface area contributed by atoms with E-state index >= 15 is 0 Å². The van der Waals surface area contributed by atoms with Gasteiger partial charge in [-0.2, -0.15) is 0 Å². The Morgan fingerprint density at radius 2 is 2.00 bits per heavy atom. The molecule has 0 unspecified atom stereocenters. The molecule has 2 aromatic rings. The average Bonchev–Trinajstić information content (AvgIpc) is 2.39. The third-order valence-corrected chi connectivity index (χ3v) is 2.89. The van der Waals surface area contributed by atoms with E-state index in [2.05, 4.69) is 32.8 Å². The Hall–Kier alpha value is -1.62. The highest BCUT2D eigenvalue weighted by Gasteiger charge is 2.07. The van der Waals surface area contributed by atoms with E-state index < -0.39 is 0 Å². The molecule has 0 aliphatic rings. The summed E-state index contributed by atoms with van der Waals surface area (Å²) in [5, 5.41) is 0. The molecule has 0 N–H and O–H groups in total. The third kappa shape index (κ3) is 2.98. The molecule has 0 atom stereocenters. The lowest BCUT2D eigenvalue weighted by molar-refractivity contribution is 0.373. The minimum Gasteiger partial charge on any atom is -0.493 e. The molecule has 0 aliphatic heterocycles. The molecule has 0 bridgehead atoms. The SMILES string of the molecule is CCc1ccc(Oc2cc(Br)ncn2)c(OC)c1. The molecular weight excluding hydrogens is 296 g/mol. The number of methoxy groups -OCH3 is 1. The van der Waals surface area contributed by atoms with Crippen molar-refractivity contribution in [3.05, 3.63) is 40.8 Å². The van der Waals surface area contributed by atoms with Gasteiger partial charge in [0.25, 0.3) is 0 Å². The van der Waals surface area contributed by atoms with E-state index in [0.29, 0.717) is 22.0 Å². The fourth-order valence-electron chi connectivity index (χ4n) is 1.50. The van der Waals surface area contributed by atoms with E-state index in [1.807, 2.05) is 18.2 Å². The second-order valence-corrected chi connectivity index (χ2v) is 4.43. The Balaban J connectivity index is 2.28. The van der Waals surface area contributed by atoms with Crippen LogP contribution in [0, 0.1) is 0 Å². The van der Waals surface area contributed by atoms with Crippen molar-refractivity contribution in [1.82, 2.24) is 9.97 Å². The quantitative estimate of drug-likeness (QED) is 0.809. The molecule has 5 heteroatoms. The first-order valence-electron chi connectivity index (χ1n) is 5.55. The van der Waals surface area contributed by atoms with Gasteiger partial charge in [0.2, 0.25) is 5.88 Å². The number of benzene rings is 1. The molecule has 0 aliphatic carbocycles. The fraction of sp³-hybridized carbons (Fsp3) is 0.231. The number of rotatable bonds is 4. The number of ether oxygens (including phenoxy) is 2. The van der Waals surface area contributed by atoms with E-state index in [4.69, 9.17) is 9.47 Å². The standard InChI is InChI=1S/C13H13BrN2O2/c1-3-9-4-5-10(11(6-9)17-2)18-13-7-12(14)15-8-16-13/h4-8H,3H2,1-2H3. The van der Waals surface area contributed by atoms with E-state index in [0.717, 1.165) is 6.42 Å². The predicted molar refractivity (Wildman–Crippen MR) is 72.2 cm³/mol. The number of hydrogen-bond donors (Lipinski definition) is 0. The van der Waals surface area contributed by atoms with E-state index in [1.54, 1.807) is 13.2 Å². The van der Waals surface area contributed by atoms with Crippen molar-refractivity contribution in [2.75, 3.05) is 7.11 Å². The summed E-state index contributed by atoms with van der Waals surface area (Å²) in [5.41, 5.74) is 1.20. The van der Waals surface area contributed by atoms with Gasteiger partial charge in [0.1, 0.15) is 10.9 Å². The molecule has 0 fully saturated rings. The Labute approximate surface area is 114 Å². The number of nitrogens with zero attached hydrogens (tertiary/aromatic N) is 2. The van der Waals surface area contributed by atoms with Gasteiger partial charge in [-0.3, -0.25) is 0 Å². The Kier molecular flexibility index (Phi) is 4.15. The van der Waals surface area contributed by atoms with Crippen molar-refractivity contribution in [2.24, 2.45) is 0 Å². The van der Waals surface area contributed by atoms with Gasteiger partial charge in [0.15, 0.2) is 11.5 Å². The summed E-state index contributed by atoms with van der Waals surface area (Å²) < 4.78 is 11.7. The maximum Gasteiger partial charge on any atom is 0.223 e. The predicted octanol–water partition coefficient (Wildman–Crippen LogP) is 3.60. The van der Waals surface area contributed by atoms with Crippen LogP contribution < -0.4 is 9.47 Å². The second kappa shape index (κ2) is 5.82. The molecule has 2 rings (SSSR count). The largest absolute Gasteiger partial charge is 0.493 e. The normalized spacial score (nSPS) is 10.2. The minimum absolute atomic E-state index is 0.472. The summed E-state index contributed by atoms with van der Waals surface area (Å²) in [5.74, 6) is 1.81. The molecule has 0 amide bonds. The van der Waals surface area contributed by atoms with Crippen LogP contribution in [0.25, 0.3) is 0 Å². The van der Waals surface area contributed by atoms with Gasteiger partial charge in [0, 0.05) is 6.07 Å².